The molecular formula is C25H26F4N4O. The number of halogens is 4. The fourth-order valence-corrected chi connectivity index (χ4v) is 5.38. The fraction of sp³-hybridized carbons (Fsp3) is 0.480. The summed E-state index contributed by atoms with van der Waals surface area (Å²) < 4.78 is 58.6. The number of nitrogens with zero attached hydrogens (tertiary/aromatic N) is 3. The number of aryl methyl sites for hydroxylation is 1. The number of alkyl halides is 3. The summed E-state index contributed by atoms with van der Waals surface area (Å²) in [6, 6.07) is 4.40. The van der Waals surface area contributed by atoms with Crippen molar-refractivity contribution >= 4 is 16.7 Å². The van der Waals surface area contributed by atoms with E-state index in [0.29, 0.717) is 35.9 Å². The number of rotatable bonds is 5. The molecule has 3 atom stereocenters. The predicted octanol–water partition coefficient (Wildman–Crippen LogP) is 5.83. The zero-order chi connectivity index (χ0) is 24.4. The maximum Gasteiger partial charge on any atom is 0.273 e. The van der Waals surface area contributed by atoms with Crippen LogP contribution in [0.5, 0.6) is 0 Å². The molecular weight excluding hydrogens is 448 g/mol. The highest BCUT2D eigenvalue weighted by molar-refractivity contribution is 5.88. The van der Waals surface area contributed by atoms with Crippen molar-refractivity contribution in [2.45, 2.75) is 64.2 Å². The second-order valence-electron chi connectivity index (χ2n) is 9.71. The van der Waals surface area contributed by atoms with Crippen LogP contribution in [0.1, 0.15) is 62.1 Å². The summed E-state index contributed by atoms with van der Waals surface area (Å²) in [6.07, 6.45) is 2.59. The molecule has 2 aromatic heterocycles. The van der Waals surface area contributed by atoms with Crippen molar-refractivity contribution in [3.63, 3.8) is 0 Å². The van der Waals surface area contributed by atoms with Gasteiger partial charge in [0.1, 0.15) is 23.6 Å². The summed E-state index contributed by atoms with van der Waals surface area (Å²) >= 11 is 0. The monoisotopic (exact) mass is 474 g/mol. The van der Waals surface area contributed by atoms with E-state index in [1.165, 1.54) is 18.2 Å². The Hall–Kier alpha value is -2.97. The van der Waals surface area contributed by atoms with E-state index in [0.717, 1.165) is 18.9 Å². The normalized spacial score (nSPS) is 25.1. The lowest BCUT2D eigenvalue weighted by atomic mass is 9.61. The first-order valence-corrected chi connectivity index (χ1v) is 11.5. The highest BCUT2D eigenvalue weighted by Crippen LogP contribution is 2.52. The van der Waals surface area contributed by atoms with Crippen LogP contribution in [0.4, 0.5) is 23.4 Å². The SMILES string of the molecule is Cc1nc(N[C@H](C)c2cccc(C(C)(F)F)c2F)c2cn([C@H]3C[C@@H](F)C4CC3C4)c(=O)cc2n1. The van der Waals surface area contributed by atoms with Crippen molar-refractivity contribution < 1.29 is 17.6 Å². The molecule has 0 spiro atoms. The molecule has 3 fully saturated rings. The zero-order valence-electron chi connectivity index (χ0n) is 19.2. The van der Waals surface area contributed by atoms with Gasteiger partial charge < -0.3 is 9.88 Å². The number of hydrogen-bond acceptors (Lipinski definition) is 4. The van der Waals surface area contributed by atoms with Crippen LogP contribution in [0.2, 0.25) is 0 Å². The molecule has 3 aromatic rings. The van der Waals surface area contributed by atoms with Gasteiger partial charge in [-0.25, -0.2) is 27.5 Å². The first-order chi connectivity index (χ1) is 16.0. The van der Waals surface area contributed by atoms with Crippen LogP contribution in [0, 0.1) is 24.6 Å². The molecule has 2 heterocycles. The number of nitrogens with one attached hydrogen (secondary N) is 1. The molecule has 5 nitrogen and oxygen atoms in total. The first-order valence-electron chi connectivity index (χ1n) is 11.5. The summed E-state index contributed by atoms with van der Waals surface area (Å²) in [5, 5.41) is 3.65. The molecule has 3 saturated carbocycles. The van der Waals surface area contributed by atoms with E-state index in [1.54, 1.807) is 24.6 Å². The summed E-state index contributed by atoms with van der Waals surface area (Å²) in [5.41, 5.74) is -0.439. The largest absolute Gasteiger partial charge is 0.363 e. The van der Waals surface area contributed by atoms with Gasteiger partial charge in [0.15, 0.2) is 0 Å². The van der Waals surface area contributed by atoms with Gasteiger partial charge in [0.25, 0.3) is 11.5 Å². The lowest BCUT2D eigenvalue weighted by molar-refractivity contribution is -0.0183. The maximum absolute atomic E-state index is 14.9. The Morgan fingerprint density at radius 2 is 1.91 bits per heavy atom. The van der Waals surface area contributed by atoms with Crippen LogP contribution >= 0.6 is 0 Å². The minimum atomic E-state index is -3.32. The van der Waals surface area contributed by atoms with Gasteiger partial charge in [0.05, 0.1) is 22.5 Å². The fourth-order valence-electron chi connectivity index (χ4n) is 5.38. The standard InChI is InChI=1S/C25H26F4N4O/c1-12(16-5-4-6-18(23(16)27)25(3,28)29)30-24-17-11-33(21-9-19(26)14-7-15(21)8-14)22(34)10-20(17)31-13(2)32-24/h4-6,10-12,14-15,19,21H,7-9H2,1-3H3,(H,30,31,32)/t12-,14?,15?,19-,21+/m1/s1. The number of aromatic nitrogens is 3. The number of anilines is 1. The van der Waals surface area contributed by atoms with Gasteiger partial charge in [0.2, 0.25) is 0 Å². The number of fused-ring (bicyclic) bond motifs is 3. The minimum absolute atomic E-state index is 0.0739. The van der Waals surface area contributed by atoms with E-state index >= 15 is 0 Å². The van der Waals surface area contributed by atoms with E-state index in [9.17, 15) is 22.4 Å². The van der Waals surface area contributed by atoms with Crippen LogP contribution in [0.25, 0.3) is 10.9 Å². The van der Waals surface area contributed by atoms with Crippen LogP contribution in [0.3, 0.4) is 0 Å². The molecule has 6 rings (SSSR count). The predicted molar refractivity (Wildman–Crippen MR) is 121 cm³/mol. The van der Waals surface area contributed by atoms with E-state index < -0.39 is 29.5 Å². The molecule has 0 amide bonds. The lowest BCUT2D eigenvalue weighted by Gasteiger charge is -2.48. The highest BCUT2D eigenvalue weighted by atomic mass is 19.3. The van der Waals surface area contributed by atoms with Crippen molar-refractivity contribution in [1.29, 1.82) is 0 Å². The first kappa shape index (κ1) is 22.8. The van der Waals surface area contributed by atoms with Crippen LogP contribution in [-0.2, 0) is 5.92 Å². The maximum atomic E-state index is 14.9. The van der Waals surface area contributed by atoms with E-state index in [-0.39, 0.29) is 29.0 Å². The van der Waals surface area contributed by atoms with E-state index in [1.807, 2.05) is 0 Å². The average molecular weight is 475 g/mol. The third kappa shape index (κ3) is 3.84. The Kier molecular flexibility index (Phi) is 5.41. The van der Waals surface area contributed by atoms with Gasteiger partial charge in [-0.1, -0.05) is 18.2 Å². The van der Waals surface area contributed by atoms with Gasteiger partial charge in [-0.2, -0.15) is 0 Å². The van der Waals surface area contributed by atoms with Gasteiger partial charge in [-0.3, -0.25) is 4.79 Å². The van der Waals surface area contributed by atoms with Crippen molar-refractivity contribution in [1.82, 2.24) is 14.5 Å². The molecule has 0 saturated heterocycles. The average Bonchev–Trinajstić information content (AvgIpc) is 2.71. The molecule has 34 heavy (non-hydrogen) atoms. The number of pyridine rings is 1. The summed E-state index contributed by atoms with van der Waals surface area (Å²) in [4.78, 5) is 21.7. The van der Waals surface area contributed by atoms with Gasteiger partial charge in [-0.05, 0) is 44.9 Å². The molecule has 180 valence electrons. The molecule has 2 bridgehead atoms. The van der Waals surface area contributed by atoms with Crippen LogP contribution < -0.4 is 10.9 Å². The highest BCUT2D eigenvalue weighted by Gasteiger charge is 2.47. The number of hydrogen-bond donors (Lipinski definition) is 1. The minimum Gasteiger partial charge on any atom is -0.363 e. The molecule has 1 N–H and O–H groups in total. The zero-order valence-corrected chi connectivity index (χ0v) is 19.2. The second kappa shape index (κ2) is 8.06. The molecule has 1 aromatic carbocycles. The Balaban J connectivity index is 1.54. The third-order valence-electron chi connectivity index (χ3n) is 7.28. The number of benzene rings is 1. The molecule has 0 radical (unpaired) electrons. The van der Waals surface area contributed by atoms with Crippen molar-refractivity contribution in [3.05, 3.63) is 63.6 Å². The van der Waals surface area contributed by atoms with E-state index in [4.69, 9.17) is 0 Å². The van der Waals surface area contributed by atoms with E-state index in [2.05, 4.69) is 15.3 Å². The van der Waals surface area contributed by atoms with Crippen LogP contribution in [-0.4, -0.2) is 20.7 Å². The van der Waals surface area contributed by atoms with Crippen LogP contribution in [0.15, 0.2) is 35.3 Å². The van der Waals surface area contributed by atoms with Gasteiger partial charge in [0, 0.05) is 30.8 Å². The summed E-state index contributed by atoms with van der Waals surface area (Å²) in [5.74, 6) is -3.17. The summed E-state index contributed by atoms with van der Waals surface area (Å²) in [7, 11) is 0. The third-order valence-corrected chi connectivity index (χ3v) is 7.28. The van der Waals surface area contributed by atoms with Gasteiger partial charge in [-0.15, -0.1) is 0 Å². The Morgan fingerprint density at radius 3 is 2.59 bits per heavy atom. The van der Waals surface area contributed by atoms with Gasteiger partial charge >= 0.3 is 0 Å². The van der Waals surface area contributed by atoms with Crippen molar-refractivity contribution in [2.24, 2.45) is 11.8 Å². The molecule has 0 aliphatic heterocycles. The molecule has 3 aliphatic carbocycles. The van der Waals surface area contributed by atoms with Crippen molar-refractivity contribution in [2.75, 3.05) is 5.32 Å². The lowest BCUT2D eigenvalue weighted by Crippen LogP contribution is -2.46. The molecule has 0 unspecified atom stereocenters. The second-order valence-corrected chi connectivity index (χ2v) is 9.71. The topological polar surface area (TPSA) is 59.8 Å². The molecule has 3 aliphatic rings. The Labute approximate surface area is 194 Å². The smallest absolute Gasteiger partial charge is 0.273 e. The van der Waals surface area contributed by atoms with Crippen molar-refractivity contribution in [3.8, 4) is 0 Å². The quantitative estimate of drug-likeness (QED) is 0.473. The Bertz CT molecular complexity index is 1310. The molecule has 9 heteroatoms. The summed E-state index contributed by atoms with van der Waals surface area (Å²) in [6.45, 7) is 3.98. The Morgan fingerprint density at radius 1 is 1.18 bits per heavy atom.